The summed E-state index contributed by atoms with van der Waals surface area (Å²) in [5, 5.41) is 32.5. The molecule has 0 spiro atoms. The van der Waals surface area contributed by atoms with Gasteiger partial charge in [0.1, 0.15) is 0 Å². The molecule has 0 radical (unpaired) electrons. The number of fused-ring (bicyclic) bond motifs is 1. The summed E-state index contributed by atoms with van der Waals surface area (Å²) in [6.45, 7) is 4.33. The summed E-state index contributed by atoms with van der Waals surface area (Å²) >= 11 is 0. The number of aliphatic hydroxyl groups excluding tert-OH is 2. The van der Waals surface area contributed by atoms with Gasteiger partial charge in [0.05, 0.1) is 23.1 Å². The highest BCUT2D eigenvalue weighted by molar-refractivity contribution is 5.83. The van der Waals surface area contributed by atoms with Crippen molar-refractivity contribution in [2.75, 3.05) is 38.1 Å². The van der Waals surface area contributed by atoms with Gasteiger partial charge in [-0.1, -0.05) is 12.1 Å². The number of aromatic nitrogens is 1. The van der Waals surface area contributed by atoms with Crippen LogP contribution < -0.4 is 4.90 Å². The third-order valence-corrected chi connectivity index (χ3v) is 6.07. The van der Waals surface area contributed by atoms with Crippen LogP contribution in [0.15, 0.2) is 42.6 Å². The molecule has 1 aromatic heterocycles. The lowest BCUT2D eigenvalue weighted by Gasteiger charge is -2.21. The van der Waals surface area contributed by atoms with Crippen molar-refractivity contribution in [1.82, 2.24) is 9.88 Å². The summed E-state index contributed by atoms with van der Waals surface area (Å²) in [7, 11) is 2.16. The fourth-order valence-corrected chi connectivity index (χ4v) is 4.31. The van der Waals surface area contributed by atoms with Crippen molar-refractivity contribution in [2.45, 2.75) is 18.4 Å². The Labute approximate surface area is 199 Å². The Morgan fingerprint density at radius 1 is 0.971 bits per heavy atom. The van der Waals surface area contributed by atoms with Gasteiger partial charge in [-0.25, -0.2) is 9.59 Å². The fraction of sp³-hybridized carbons (Fsp3) is 0.435. The average Bonchev–Trinajstić information content (AvgIpc) is 3.35. The first-order chi connectivity index (χ1) is 16.4. The van der Waals surface area contributed by atoms with Crippen molar-refractivity contribution < 1.29 is 43.2 Å². The minimum Gasteiger partial charge on any atom is -0.479 e. The van der Waals surface area contributed by atoms with Gasteiger partial charge >= 0.3 is 18.1 Å². The Bertz CT molecular complexity index is 1020. The average molecular weight is 497 g/mol. The minimum atomic E-state index is -4.34. The second-order valence-electron chi connectivity index (χ2n) is 8.69. The number of hydrogen-bond acceptors (Lipinski definition) is 7. The van der Waals surface area contributed by atoms with Crippen molar-refractivity contribution in [1.29, 1.82) is 0 Å². The number of alkyl halides is 3. The zero-order valence-corrected chi connectivity index (χ0v) is 18.8. The molecule has 2 unspecified atom stereocenters. The van der Waals surface area contributed by atoms with E-state index >= 15 is 0 Å². The Balaban J connectivity index is 0.000000292. The molecule has 0 saturated carbocycles. The molecule has 2 fully saturated rings. The summed E-state index contributed by atoms with van der Waals surface area (Å²) in [4.78, 5) is 28.7. The predicted molar refractivity (Wildman–Crippen MR) is 119 cm³/mol. The third kappa shape index (κ3) is 6.47. The van der Waals surface area contributed by atoms with Crippen molar-refractivity contribution in [3.05, 3.63) is 48.2 Å². The number of halogens is 3. The zero-order chi connectivity index (χ0) is 25.9. The van der Waals surface area contributed by atoms with E-state index in [1.54, 1.807) is 12.3 Å². The van der Waals surface area contributed by atoms with Gasteiger partial charge in [0.15, 0.2) is 12.2 Å². The van der Waals surface area contributed by atoms with Crippen molar-refractivity contribution in [2.24, 2.45) is 11.8 Å². The molecule has 0 aliphatic carbocycles. The molecular formula is C23H26F3N3O6. The molecular weight excluding hydrogens is 471 g/mol. The first kappa shape index (κ1) is 26.4. The fourth-order valence-electron chi connectivity index (χ4n) is 4.31. The van der Waals surface area contributed by atoms with E-state index in [1.165, 1.54) is 6.07 Å². The summed E-state index contributed by atoms with van der Waals surface area (Å²) in [6, 6.07) is 9.09. The smallest absolute Gasteiger partial charge is 0.416 e. The van der Waals surface area contributed by atoms with E-state index in [2.05, 4.69) is 21.8 Å². The highest BCUT2D eigenvalue weighted by Crippen LogP contribution is 2.34. The van der Waals surface area contributed by atoms with Crippen LogP contribution in [-0.4, -0.2) is 87.7 Å². The van der Waals surface area contributed by atoms with E-state index in [0.29, 0.717) is 23.1 Å². The molecule has 0 amide bonds. The molecule has 2 aliphatic rings. The van der Waals surface area contributed by atoms with Gasteiger partial charge in [0.25, 0.3) is 0 Å². The number of carboxylic acids is 2. The Hall–Kier alpha value is -3.22. The molecule has 2 aromatic rings. The summed E-state index contributed by atoms with van der Waals surface area (Å²) in [6.07, 6.45) is -7.09. The van der Waals surface area contributed by atoms with Crippen molar-refractivity contribution in [3.63, 3.8) is 0 Å². The van der Waals surface area contributed by atoms with Crippen LogP contribution in [0.4, 0.5) is 18.9 Å². The number of carbonyl (C=O) groups is 2. The number of pyridine rings is 1. The van der Waals surface area contributed by atoms with Crippen LogP contribution in [0.3, 0.4) is 0 Å². The number of rotatable bonds is 5. The minimum absolute atomic E-state index is 0.487. The standard InChI is InChI=1S/C19H20F3N3.C4H6O6/c1-24-9-14-11-25(12-15(14)10-24)17-5-6-18(23-8-17)13-3-2-4-16(7-13)19(20,21)22;5-1(3(7)8)2(6)4(9)10/h2-8,14-15H,9-12H2,1H3;1-2,5-6H,(H,7,8)(H,9,10)/t;1-,2-/m.1/s1. The number of nitrogens with zero attached hydrogens (tertiary/aromatic N) is 3. The van der Waals surface area contributed by atoms with E-state index in [0.717, 1.165) is 44.0 Å². The van der Waals surface area contributed by atoms with E-state index in [9.17, 15) is 22.8 Å². The SMILES string of the molecule is CN1CC2CN(c3ccc(-c4cccc(C(F)(F)F)c4)nc3)CC2C1.O=C(O)[C@H](O)[C@@H](O)C(=O)O. The molecule has 2 saturated heterocycles. The second-order valence-corrected chi connectivity index (χ2v) is 8.69. The normalized spacial score (nSPS) is 21.6. The Morgan fingerprint density at radius 3 is 2.00 bits per heavy atom. The molecule has 35 heavy (non-hydrogen) atoms. The van der Waals surface area contributed by atoms with Gasteiger partial charge in [-0.3, -0.25) is 4.98 Å². The Morgan fingerprint density at radius 2 is 1.54 bits per heavy atom. The van der Waals surface area contributed by atoms with Crippen LogP contribution >= 0.6 is 0 Å². The van der Waals surface area contributed by atoms with Gasteiger partial charge in [-0.15, -0.1) is 0 Å². The van der Waals surface area contributed by atoms with E-state index in [4.69, 9.17) is 20.4 Å². The number of hydrogen-bond donors (Lipinski definition) is 4. The number of aliphatic hydroxyl groups is 2. The predicted octanol–water partition coefficient (Wildman–Crippen LogP) is 1.64. The van der Waals surface area contributed by atoms with Crippen LogP contribution in [-0.2, 0) is 15.8 Å². The van der Waals surface area contributed by atoms with E-state index in [-0.39, 0.29) is 0 Å². The Kier molecular flexibility index (Phi) is 7.98. The largest absolute Gasteiger partial charge is 0.479 e. The molecule has 4 N–H and O–H groups in total. The quantitative estimate of drug-likeness (QED) is 0.486. The molecule has 12 heteroatoms. The maximum absolute atomic E-state index is 12.9. The molecule has 4 rings (SSSR count). The number of aliphatic carboxylic acids is 2. The first-order valence-electron chi connectivity index (χ1n) is 10.8. The van der Waals surface area contributed by atoms with Gasteiger partial charge in [0.2, 0.25) is 0 Å². The van der Waals surface area contributed by atoms with Gasteiger partial charge in [-0.2, -0.15) is 13.2 Å². The first-order valence-corrected chi connectivity index (χ1v) is 10.8. The van der Waals surface area contributed by atoms with Crippen LogP contribution in [0.25, 0.3) is 11.3 Å². The lowest BCUT2D eigenvalue weighted by atomic mass is 10.0. The number of benzene rings is 1. The van der Waals surface area contributed by atoms with Crippen LogP contribution in [0.1, 0.15) is 5.56 Å². The van der Waals surface area contributed by atoms with Crippen LogP contribution in [0, 0.1) is 11.8 Å². The van der Waals surface area contributed by atoms with Gasteiger partial charge < -0.3 is 30.2 Å². The third-order valence-electron chi connectivity index (χ3n) is 6.07. The highest BCUT2D eigenvalue weighted by atomic mass is 19.4. The molecule has 2 aliphatic heterocycles. The van der Waals surface area contributed by atoms with E-state index < -0.39 is 35.9 Å². The van der Waals surface area contributed by atoms with Crippen molar-refractivity contribution >= 4 is 17.6 Å². The number of anilines is 1. The second kappa shape index (κ2) is 10.6. The molecule has 3 heterocycles. The van der Waals surface area contributed by atoms with E-state index in [1.807, 2.05) is 12.1 Å². The van der Waals surface area contributed by atoms with Gasteiger partial charge in [0, 0.05) is 31.7 Å². The molecule has 0 bridgehead atoms. The molecule has 9 nitrogen and oxygen atoms in total. The maximum atomic E-state index is 12.9. The topological polar surface area (TPSA) is 134 Å². The van der Waals surface area contributed by atoms with Crippen LogP contribution in [0.2, 0.25) is 0 Å². The van der Waals surface area contributed by atoms with Crippen molar-refractivity contribution in [3.8, 4) is 11.3 Å². The van der Waals surface area contributed by atoms with Crippen LogP contribution in [0.5, 0.6) is 0 Å². The lowest BCUT2D eigenvalue weighted by Crippen LogP contribution is -2.39. The zero-order valence-electron chi connectivity index (χ0n) is 18.8. The number of carboxylic acid groups (broad SMARTS) is 2. The summed E-state index contributed by atoms with van der Waals surface area (Å²) in [5.41, 5.74) is 1.45. The molecule has 190 valence electrons. The summed E-state index contributed by atoms with van der Waals surface area (Å²) < 4.78 is 38.6. The number of likely N-dealkylation sites (tertiary alicyclic amines) is 1. The highest BCUT2D eigenvalue weighted by Gasteiger charge is 2.38. The lowest BCUT2D eigenvalue weighted by molar-refractivity contribution is -0.165. The molecule has 1 aromatic carbocycles. The monoisotopic (exact) mass is 497 g/mol. The molecule has 4 atom stereocenters. The maximum Gasteiger partial charge on any atom is 0.416 e. The summed E-state index contributed by atoms with van der Waals surface area (Å²) in [5.74, 6) is -2.13. The van der Waals surface area contributed by atoms with Gasteiger partial charge in [-0.05, 0) is 43.1 Å².